The van der Waals surface area contributed by atoms with Crippen LogP contribution < -0.4 is 4.74 Å². The lowest BCUT2D eigenvalue weighted by molar-refractivity contribution is 0.0687. The summed E-state index contributed by atoms with van der Waals surface area (Å²) in [6.45, 7) is 1.64. The molecule has 1 saturated heterocycles. The highest BCUT2D eigenvalue weighted by Gasteiger charge is 2.23. The first-order chi connectivity index (χ1) is 14.2. The number of carbonyl (C=O) groups excluding carboxylic acids is 1. The normalized spacial score (nSPS) is 14.7. The molecule has 3 aromatic rings. The highest BCUT2D eigenvalue weighted by molar-refractivity contribution is 5.94. The summed E-state index contributed by atoms with van der Waals surface area (Å²) >= 11 is 0. The van der Waals surface area contributed by atoms with E-state index >= 15 is 0 Å². The fourth-order valence-electron chi connectivity index (χ4n) is 3.81. The van der Waals surface area contributed by atoms with Crippen molar-refractivity contribution >= 4 is 5.91 Å². The fourth-order valence-corrected chi connectivity index (χ4v) is 3.81. The molecule has 2 aromatic carbocycles. The first kappa shape index (κ1) is 19.1. The van der Waals surface area contributed by atoms with Crippen molar-refractivity contribution in [1.29, 1.82) is 0 Å². The predicted octanol–water partition coefficient (Wildman–Crippen LogP) is 3.16. The van der Waals surface area contributed by atoms with Crippen molar-refractivity contribution in [1.82, 2.24) is 25.1 Å². The topological polar surface area (TPSA) is 73.1 Å². The van der Waals surface area contributed by atoms with Crippen LogP contribution in [0, 0.1) is 5.92 Å². The van der Waals surface area contributed by atoms with E-state index in [1.54, 1.807) is 11.8 Å². The van der Waals surface area contributed by atoms with Gasteiger partial charge in [0.25, 0.3) is 5.91 Å². The lowest BCUT2D eigenvalue weighted by atomic mass is 9.90. The maximum Gasteiger partial charge on any atom is 0.253 e. The Morgan fingerprint density at radius 2 is 1.79 bits per heavy atom. The zero-order valence-corrected chi connectivity index (χ0v) is 16.6. The minimum atomic E-state index is 0.0990. The summed E-state index contributed by atoms with van der Waals surface area (Å²) < 4.78 is 6.78. The number of likely N-dealkylation sites (tertiary alicyclic amines) is 1. The molecule has 1 amide bonds. The number of carbonyl (C=O) groups is 1. The van der Waals surface area contributed by atoms with Crippen molar-refractivity contribution < 1.29 is 9.53 Å². The van der Waals surface area contributed by atoms with Gasteiger partial charge in [-0.2, -0.15) is 0 Å². The zero-order valence-electron chi connectivity index (χ0n) is 16.6. The van der Waals surface area contributed by atoms with Crippen LogP contribution in [0.5, 0.6) is 5.75 Å². The molecule has 2 heterocycles. The molecule has 0 atom stereocenters. The summed E-state index contributed by atoms with van der Waals surface area (Å²) in [5.74, 6) is 1.66. The zero-order chi connectivity index (χ0) is 20.1. The van der Waals surface area contributed by atoms with Crippen molar-refractivity contribution in [2.24, 2.45) is 5.92 Å². The number of hydrogen-bond donors (Lipinski definition) is 0. The van der Waals surface area contributed by atoms with Crippen LogP contribution in [0.1, 0.15) is 35.2 Å². The van der Waals surface area contributed by atoms with Gasteiger partial charge in [0.05, 0.1) is 12.8 Å². The number of aryl methyl sites for hydroxylation is 1. The second-order valence-corrected chi connectivity index (χ2v) is 7.42. The van der Waals surface area contributed by atoms with Crippen LogP contribution >= 0.6 is 0 Å². The Balaban J connectivity index is 1.27. The predicted molar refractivity (Wildman–Crippen MR) is 109 cm³/mol. The van der Waals surface area contributed by atoms with Gasteiger partial charge >= 0.3 is 0 Å². The lowest BCUT2D eigenvalue weighted by Gasteiger charge is -2.32. The molecular formula is C22H25N5O2. The van der Waals surface area contributed by atoms with Crippen molar-refractivity contribution in [3.63, 3.8) is 0 Å². The number of rotatable bonds is 6. The van der Waals surface area contributed by atoms with Gasteiger partial charge in [0.2, 0.25) is 0 Å². The Bertz CT molecular complexity index is 915. The minimum absolute atomic E-state index is 0.0990. The third-order valence-electron chi connectivity index (χ3n) is 5.63. The summed E-state index contributed by atoms with van der Waals surface area (Å²) in [6, 6.07) is 15.7. The monoisotopic (exact) mass is 391 g/mol. The molecule has 1 aliphatic rings. The summed E-state index contributed by atoms with van der Waals surface area (Å²) in [5, 5.41) is 11.1. The van der Waals surface area contributed by atoms with Crippen LogP contribution in [0.2, 0.25) is 0 Å². The van der Waals surface area contributed by atoms with Crippen LogP contribution in [0.25, 0.3) is 5.69 Å². The Labute approximate surface area is 170 Å². The van der Waals surface area contributed by atoms with E-state index in [2.05, 4.69) is 27.7 Å². The molecule has 29 heavy (non-hydrogen) atoms. The number of methoxy groups -OCH3 is 1. The Hall–Kier alpha value is -3.22. The second kappa shape index (κ2) is 8.86. The van der Waals surface area contributed by atoms with E-state index in [9.17, 15) is 4.79 Å². The van der Waals surface area contributed by atoms with E-state index in [0.29, 0.717) is 11.5 Å². The number of ether oxygens (including phenoxy) is 1. The van der Waals surface area contributed by atoms with E-state index in [4.69, 9.17) is 4.74 Å². The smallest absolute Gasteiger partial charge is 0.253 e. The molecule has 1 aromatic heterocycles. The number of tetrazole rings is 1. The number of aromatic nitrogens is 4. The molecule has 0 saturated carbocycles. The molecule has 0 radical (unpaired) electrons. The van der Waals surface area contributed by atoms with Crippen molar-refractivity contribution in [2.45, 2.75) is 25.7 Å². The van der Waals surface area contributed by atoms with Gasteiger partial charge in [0.1, 0.15) is 12.1 Å². The third kappa shape index (κ3) is 4.62. The number of hydrogen-bond acceptors (Lipinski definition) is 5. The Kier molecular flexibility index (Phi) is 5.84. The summed E-state index contributed by atoms with van der Waals surface area (Å²) in [4.78, 5) is 14.8. The van der Waals surface area contributed by atoms with Crippen molar-refractivity contribution in [2.75, 3.05) is 20.2 Å². The molecular weight excluding hydrogens is 366 g/mol. The Morgan fingerprint density at radius 3 is 2.41 bits per heavy atom. The highest BCUT2D eigenvalue weighted by Crippen LogP contribution is 2.24. The number of piperidine rings is 1. The van der Waals surface area contributed by atoms with Gasteiger partial charge in [-0.05, 0) is 84.0 Å². The van der Waals surface area contributed by atoms with Gasteiger partial charge < -0.3 is 9.64 Å². The molecule has 0 unspecified atom stereocenters. The second-order valence-electron chi connectivity index (χ2n) is 7.42. The van der Waals surface area contributed by atoms with Crippen LogP contribution in [0.15, 0.2) is 54.9 Å². The summed E-state index contributed by atoms with van der Waals surface area (Å²) in [6.07, 6.45) is 5.89. The van der Waals surface area contributed by atoms with E-state index in [-0.39, 0.29) is 5.91 Å². The largest absolute Gasteiger partial charge is 0.497 e. The number of nitrogens with zero attached hydrogens (tertiary/aromatic N) is 5. The van der Waals surface area contributed by atoms with Gasteiger partial charge in [-0.3, -0.25) is 4.79 Å². The molecule has 1 aliphatic heterocycles. The average molecular weight is 391 g/mol. The van der Waals surface area contributed by atoms with Gasteiger partial charge in [0, 0.05) is 18.7 Å². The minimum Gasteiger partial charge on any atom is -0.497 e. The van der Waals surface area contributed by atoms with Crippen LogP contribution in [0.4, 0.5) is 0 Å². The molecule has 0 N–H and O–H groups in total. The molecule has 7 heteroatoms. The standard InChI is InChI=1S/C22H25N5O2/c1-29-21-10-4-17(5-11-21)2-3-18-12-14-26(15-13-18)22(28)19-6-8-20(9-7-19)27-16-23-24-25-27/h4-11,16,18H,2-3,12-15H2,1H3. The average Bonchev–Trinajstić information content (AvgIpc) is 3.33. The van der Waals surface area contributed by atoms with Crippen molar-refractivity contribution in [3.8, 4) is 11.4 Å². The summed E-state index contributed by atoms with van der Waals surface area (Å²) in [7, 11) is 1.69. The highest BCUT2D eigenvalue weighted by atomic mass is 16.5. The maximum absolute atomic E-state index is 12.8. The molecule has 150 valence electrons. The third-order valence-corrected chi connectivity index (χ3v) is 5.63. The molecule has 0 spiro atoms. The van der Waals surface area contributed by atoms with E-state index in [1.807, 2.05) is 41.3 Å². The van der Waals surface area contributed by atoms with Gasteiger partial charge in [0.15, 0.2) is 0 Å². The van der Waals surface area contributed by atoms with Gasteiger partial charge in [-0.15, -0.1) is 5.10 Å². The molecule has 0 aliphatic carbocycles. The quantitative estimate of drug-likeness (QED) is 0.645. The van der Waals surface area contributed by atoms with Crippen LogP contribution in [0.3, 0.4) is 0 Å². The maximum atomic E-state index is 12.8. The first-order valence-corrected chi connectivity index (χ1v) is 9.98. The molecule has 4 rings (SSSR count). The molecule has 7 nitrogen and oxygen atoms in total. The Morgan fingerprint density at radius 1 is 1.07 bits per heavy atom. The first-order valence-electron chi connectivity index (χ1n) is 9.98. The molecule has 0 bridgehead atoms. The van der Waals surface area contributed by atoms with E-state index < -0.39 is 0 Å². The van der Waals surface area contributed by atoms with Crippen LogP contribution in [-0.4, -0.2) is 51.2 Å². The summed E-state index contributed by atoms with van der Waals surface area (Å²) in [5.41, 5.74) is 2.88. The van der Waals surface area contributed by atoms with Gasteiger partial charge in [-0.25, -0.2) is 4.68 Å². The fraction of sp³-hybridized carbons (Fsp3) is 0.364. The van der Waals surface area contributed by atoms with Crippen molar-refractivity contribution in [3.05, 3.63) is 66.0 Å². The SMILES string of the molecule is COc1ccc(CCC2CCN(C(=O)c3ccc(-n4cnnn4)cc3)CC2)cc1. The van der Waals surface area contributed by atoms with Crippen LogP contribution in [-0.2, 0) is 6.42 Å². The van der Waals surface area contributed by atoms with E-state index in [0.717, 1.165) is 50.2 Å². The lowest BCUT2D eigenvalue weighted by Crippen LogP contribution is -2.38. The van der Waals surface area contributed by atoms with Gasteiger partial charge in [-0.1, -0.05) is 12.1 Å². The van der Waals surface area contributed by atoms with E-state index in [1.165, 1.54) is 11.9 Å². The molecule has 1 fully saturated rings. The number of benzene rings is 2. The number of amides is 1.